The molecule has 0 spiro atoms. The predicted molar refractivity (Wildman–Crippen MR) is 89.2 cm³/mol. The van der Waals surface area contributed by atoms with E-state index in [1.807, 2.05) is 6.07 Å². The molecule has 1 heterocycles. The van der Waals surface area contributed by atoms with Crippen LogP contribution >= 0.6 is 0 Å². The summed E-state index contributed by atoms with van der Waals surface area (Å²) in [5.74, 6) is 0.358. The molecule has 1 atom stereocenters. The molecule has 0 saturated carbocycles. The van der Waals surface area contributed by atoms with Crippen LogP contribution in [0.2, 0.25) is 0 Å². The van der Waals surface area contributed by atoms with Crippen LogP contribution < -0.4 is 5.32 Å². The quantitative estimate of drug-likeness (QED) is 0.916. The summed E-state index contributed by atoms with van der Waals surface area (Å²) < 4.78 is 38.0. The Balaban J connectivity index is 1.55. The zero-order chi connectivity index (χ0) is 16.4. The largest absolute Gasteiger partial charge is 0.310 e. The Hall–Kier alpha value is -0.980. The molecule has 4 nitrogen and oxygen atoms in total. The first kappa shape index (κ1) is 16.9. The average molecular weight is 340 g/mol. The lowest BCUT2D eigenvalue weighted by Crippen LogP contribution is -2.40. The van der Waals surface area contributed by atoms with E-state index in [0.29, 0.717) is 25.0 Å². The SMILES string of the molecule is CS(=O)(=O)N1CCC(CNC2CCCc3cc(F)ccc32)CC1. The van der Waals surface area contributed by atoms with Crippen LogP contribution in [-0.2, 0) is 16.4 Å². The summed E-state index contributed by atoms with van der Waals surface area (Å²) >= 11 is 0. The first-order chi connectivity index (χ1) is 10.9. The van der Waals surface area contributed by atoms with E-state index in [2.05, 4.69) is 5.32 Å². The molecule has 128 valence electrons. The second-order valence-corrected chi connectivity index (χ2v) is 8.78. The van der Waals surface area contributed by atoms with Gasteiger partial charge in [0.1, 0.15) is 5.82 Å². The van der Waals surface area contributed by atoms with Gasteiger partial charge >= 0.3 is 0 Å². The summed E-state index contributed by atoms with van der Waals surface area (Å²) in [6.07, 6.45) is 6.22. The Morgan fingerprint density at radius 3 is 2.70 bits per heavy atom. The van der Waals surface area contributed by atoms with Crippen LogP contribution in [0.4, 0.5) is 4.39 Å². The molecule has 1 aliphatic heterocycles. The maximum Gasteiger partial charge on any atom is 0.211 e. The Bertz CT molecular complexity index is 655. The molecule has 1 saturated heterocycles. The van der Waals surface area contributed by atoms with Gasteiger partial charge in [0, 0.05) is 19.1 Å². The number of sulfonamides is 1. The average Bonchev–Trinajstić information content (AvgIpc) is 2.52. The third-order valence-electron chi connectivity index (χ3n) is 5.11. The highest BCUT2D eigenvalue weighted by atomic mass is 32.2. The van der Waals surface area contributed by atoms with Gasteiger partial charge in [0.05, 0.1) is 6.26 Å². The van der Waals surface area contributed by atoms with Crippen LogP contribution in [0.25, 0.3) is 0 Å². The summed E-state index contributed by atoms with van der Waals surface area (Å²) in [4.78, 5) is 0. The van der Waals surface area contributed by atoms with Crippen LogP contribution in [0.1, 0.15) is 42.9 Å². The van der Waals surface area contributed by atoms with Crippen molar-refractivity contribution in [1.82, 2.24) is 9.62 Å². The normalized spacial score (nSPS) is 23.7. The number of halogens is 1. The molecule has 0 bridgehead atoms. The smallest absolute Gasteiger partial charge is 0.211 e. The van der Waals surface area contributed by atoms with Gasteiger partial charge in [-0.1, -0.05) is 6.07 Å². The van der Waals surface area contributed by atoms with E-state index >= 15 is 0 Å². The van der Waals surface area contributed by atoms with E-state index in [1.54, 1.807) is 16.4 Å². The van der Waals surface area contributed by atoms with Crippen molar-refractivity contribution in [3.8, 4) is 0 Å². The van der Waals surface area contributed by atoms with Crippen molar-refractivity contribution in [3.05, 3.63) is 35.1 Å². The Morgan fingerprint density at radius 2 is 2.00 bits per heavy atom. The van der Waals surface area contributed by atoms with Crippen molar-refractivity contribution in [3.63, 3.8) is 0 Å². The molecule has 1 unspecified atom stereocenters. The molecule has 1 fully saturated rings. The van der Waals surface area contributed by atoms with Crippen molar-refractivity contribution in [2.24, 2.45) is 5.92 Å². The minimum atomic E-state index is -3.05. The maximum atomic E-state index is 13.4. The minimum Gasteiger partial charge on any atom is -0.310 e. The van der Waals surface area contributed by atoms with Crippen LogP contribution in [0.3, 0.4) is 0 Å². The fourth-order valence-electron chi connectivity index (χ4n) is 3.75. The number of nitrogens with one attached hydrogen (secondary N) is 1. The van der Waals surface area contributed by atoms with E-state index in [-0.39, 0.29) is 5.82 Å². The number of rotatable bonds is 4. The van der Waals surface area contributed by atoms with Crippen molar-refractivity contribution in [1.29, 1.82) is 0 Å². The number of hydrogen-bond acceptors (Lipinski definition) is 3. The van der Waals surface area contributed by atoms with Crippen LogP contribution in [-0.4, -0.2) is 38.6 Å². The van der Waals surface area contributed by atoms with E-state index in [9.17, 15) is 12.8 Å². The summed E-state index contributed by atoms with van der Waals surface area (Å²) in [5.41, 5.74) is 2.35. The Labute approximate surface area is 138 Å². The molecule has 3 rings (SSSR count). The molecule has 23 heavy (non-hydrogen) atoms. The molecule has 0 amide bonds. The third-order valence-corrected chi connectivity index (χ3v) is 6.42. The van der Waals surface area contributed by atoms with E-state index in [0.717, 1.165) is 44.2 Å². The van der Waals surface area contributed by atoms with Crippen LogP contribution in [0.15, 0.2) is 18.2 Å². The molecule has 1 N–H and O–H groups in total. The van der Waals surface area contributed by atoms with Crippen LogP contribution in [0, 0.1) is 11.7 Å². The fraction of sp³-hybridized carbons (Fsp3) is 0.647. The molecule has 1 aliphatic carbocycles. The topological polar surface area (TPSA) is 49.4 Å². The van der Waals surface area contributed by atoms with Gasteiger partial charge in [-0.2, -0.15) is 0 Å². The number of nitrogens with zero attached hydrogens (tertiary/aromatic N) is 1. The van der Waals surface area contributed by atoms with Crippen molar-refractivity contribution >= 4 is 10.0 Å². The second-order valence-electron chi connectivity index (χ2n) is 6.80. The molecular weight excluding hydrogens is 315 g/mol. The summed E-state index contributed by atoms with van der Waals surface area (Å²) in [7, 11) is -3.05. The van der Waals surface area contributed by atoms with E-state index in [1.165, 1.54) is 11.8 Å². The van der Waals surface area contributed by atoms with E-state index in [4.69, 9.17) is 0 Å². The molecule has 2 aliphatic rings. The van der Waals surface area contributed by atoms with Gasteiger partial charge in [-0.25, -0.2) is 17.1 Å². The molecule has 0 aromatic heterocycles. The van der Waals surface area contributed by atoms with Crippen molar-refractivity contribution < 1.29 is 12.8 Å². The van der Waals surface area contributed by atoms with Gasteiger partial charge in [0.25, 0.3) is 0 Å². The third kappa shape index (κ3) is 4.11. The van der Waals surface area contributed by atoms with Crippen molar-refractivity contribution in [2.75, 3.05) is 25.9 Å². The Kier molecular flexibility index (Phi) is 5.04. The van der Waals surface area contributed by atoms with Gasteiger partial charge in [-0.05, 0) is 67.8 Å². The molecule has 0 radical (unpaired) electrons. The highest BCUT2D eigenvalue weighted by molar-refractivity contribution is 7.88. The first-order valence-electron chi connectivity index (χ1n) is 8.40. The zero-order valence-corrected chi connectivity index (χ0v) is 14.4. The van der Waals surface area contributed by atoms with Crippen LogP contribution in [0.5, 0.6) is 0 Å². The monoisotopic (exact) mass is 340 g/mol. The van der Waals surface area contributed by atoms with Gasteiger partial charge in [-0.15, -0.1) is 0 Å². The lowest BCUT2D eigenvalue weighted by atomic mass is 9.87. The maximum absolute atomic E-state index is 13.4. The highest BCUT2D eigenvalue weighted by Gasteiger charge is 2.26. The summed E-state index contributed by atoms with van der Waals surface area (Å²) in [5, 5.41) is 3.63. The number of aryl methyl sites for hydroxylation is 1. The van der Waals surface area contributed by atoms with Gasteiger partial charge in [-0.3, -0.25) is 0 Å². The summed E-state index contributed by atoms with van der Waals surface area (Å²) in [6, 6.07) is 5.41. The second kappa shape index (κ2) is 6.87. The van der Waals surface area contributed by atoms with Crippen molar-refractivity contribution in [2.45, 2.75) is 38.1 Å². The highest BCUT2D eigenvalue weighted by Crippen LogP contribution is 2.30. The number of piperidine rings is 1. The lowest BCUT2D eigenvalue weighted by molar-refractivity contribution is 0.259. The molecule has 1 aromatic rings. The standard InChI is InChI=1S/C17H25FN2O2S/c1-23(21,22)20-9-7-13(8-10-20)12-19-17-4-2-3-14-11-15(18)5-6-16(14)17/h5-6,11,13,17,19H,2-4,7-10,12H2,1H3. The van der Waals surface area contributed by atoms with Gasteiger partial charge < -0.3 is 5.32 Å². The number of hydrogen-bond donors (Lipinski definition) is 1. The molecular formula is C17H25FN2O2S. The summed E-state index contributed by atoms with van der Waals surface area (Å²) in [6.45, 7) is 2.15. The van der Waals surface area contributed by atoms with Gasteiger partial charge in [0.15, 0.2) is 0 Å². The number of benzene rings is 1. The predicted octanol–water partition coefficient (Wildman–Crippen LogP) is 2.46. The minimum absolute atomic E-state index is 0.155. The van der Waals surface area contributed by atoms with E-state index < -0.39 is 10.0 Å². The fourth-order valence-corrected chi connectivity index (χ4v) is 4.62. The van der Waals surface area contributed by atoms with Gasteiger partial charge in [0.2, 0.25) is 10.0 Å². The Morgan fingerprint density at radius 1 is 1.26 bits per heavy atom. The molecule has 1 aromatic carbocycles. The molecule has 6 heteroatoms. The lowest BCUT2D eigenvalue weighted by Gasteiger charge is -2.32. The first-order valence-corrected chi connectivity index (χ1v) is 10.2. The number of fused-ring (bicyclic) bond motifs is 1. The zero-order valence-electron chi connectivity index (χ0n) is 13.6.